The van der Waals surface area contributed by atoms with E-state index in [4.69, 9.17) is 0 Å². The largest absolute Gasteiger partial charge is 0.351 e. The SMILES string of the molecule is C[C@@H]1CCCC[C@H]1NC(=O)Cn1nc(-c2ccccc2F)ccc1=O. The van der Waals surface area contributed by atoms with Gasteiger partial charge in [0, 0.05) is 17.7 Å². The standard InChI is InChI=1S/C19H22FN3O2/c1-13-6-2-5-9-16(13)21-18(24)12-23-19(25)11-10-17(22-23)14-7-3-4-8-15(14)20/h3-4,7-8,10-11,13,16H,2,5-6,9,12H2,1H3,(H,21,24)/t13-,16-/m1/s1. The highest BCUT2D eigenvalue weighted by atomic mass is 19.1. The van der Waals surface area contributed by atoms with Crippen LogP contribution in [0.5, 0.6) is 0 Å². The van der Waals surface area contributed by atoms with E-state index in [1.165, 1.54) is 24.6 Å². The van der Waals surface area contributed by atoms with Crippen molar-refractivity contribution < 1.29 is 9.18 Å². The summed E-state index contributed by atoms with van der Waals surface area (Å²) in [5.41, 5.74) is 0.251. The van der Waals surface area contributed by atoms with E-state index in [0.29, 0.717) is 17.2 Å². The van der Waals surface area contributed by atoms with Crippen LogP contribution in [-0.2, 0) is 11.3 Å². The fraction of sp³-hybridized carbons (Fsp3) is 0.421. The molecule has 1 saturated carbocycles. The van der Waals surface area contributed by atoms with Crippen LogP contribution in [0, 0.1) is 11.7 Å². The Balaban J connectivity index is 1.76. The number of hydrogen-bond donors (Lipinski definition) is 1. The minimum atomic E-state index is -0.416. The lowest BCUT2D eigenvalue weighted by molar-refractivity contribution is -0.123. The summed E-state index contributed by atoms with van der Waals surface area (Å²) in [7, 11) is 0. The number of aromatic nitrogens is 2. The monoisotopic (exact) mass is 343 g/mol. The Morgan fingerprint density at radius 2 is 2.00 bits per heavy atom. The predicted octanol–water partition coefficient (Wildman–Crippen LogP) is 2.74. The van der Waals surface area contributed by atoms with Crippen molar-refractivity contribution in [1.29, 1.82) is 0 Å². The average molecular weight is 343 g/mol. The van der Waals surface area contributed by atoms with Crippen molar-refractivity contribution in [2.45, 2.75) is 45.2 Å². The molecule has 3 rings (SSSR count). The molecule has 1 aromatic carbocycles. The van der Waals surface area contributed by atoms with Gasteiger partial charge in [0.05, 0.1) is 5.69 Å². The van der Waals surface area contributed by atoms with Crippen LogP contribution in [0.1, 0.15) is 32.6 Å². The van der Waals surface area contributed by atoms with Crippen LogP contribution in [0.2, 0.25) is 0 Å². The van der Waals surface area contributed by atoms with Crippen LogP contribution in [0.3, 0.4) is 0 Å². The van der Waals surface area contributed by atoms with Crippen molar-refractivity contribution in [3.63, 3.8) is 0 Å². The Labute approximate surface area is 145 Å². The maximum Gasteiger partial charge on any atom is 0.267 e. The molecular formula is C19H22FN3O2. The van der Waals surface area contributed by atoms with Crippen LogP contribution in [-0.4, -0.2) is 21.7 Å². The molecule has 0 unspecified atom stereocenters. The second kappa shape index (κ2) is 7.59. The Morgan fingerprint density at radius 3 is 2.76 bits per heavy atom. The molecule has 1 heterocycles. The summed E-state index contributed by atoms with van der Waals surface area (Å²) in [5, 5.41) is 7.16. The number of nitrogens with one attached hydrogen (secondary N) is 1. The number of nitrogens with zero attached hydrogens (tertiary/aromatic N) is 2. The van der Waals surface area contributed by atoms with Crippen molar-refractivity contribution in [3.8, 4) is 11.3 Å². The molecule has 1 aliphatic rings. The van der Waals surface area contributed by atoms with Crippen molar-refractivity contribution in [3.05, 3.63) is 52.6 Å². The third kappa shape index (κ3) is 4.13. The minimum absolute atomic E-state index is 0.145. The molecule has 1 aromatic heterocycles. The van der Waals surface area contributed by atoms with E-state index in [9.17, 15) is 14.0 Å². The van der Waals surface area contributed by atoms with Gasteiger partial charge in [-0.1, -0.05) is 31.9 Å². The van der Waals surface area contributed by atoms with Gasteiger partial charge < -0.3 is 5.32 Å². The number of benzene rings is 1. The summed E-state index contributed by atoms with van der Waals surface area (Å²) in [6.45, 7) is 1.97. The second-order valence-electron chi connectivity index (χ2n) is 6.63. The molecule has 2 atom stereocenters. The van der Waals surface area contributed by atoms with Gasteiger partial charge in [0.15, 0.2) is 0 Å². The number of amides is 1. The smallest absolute Gasteiger partial charge is 0.267 e. The summed E-state index contributed by atoms with van der Waals surface area (Å²) in [6, 6.07) is 9.15. The highest BCUT2D eigenvalue weighted by Gasteiger charge is 2.23. The molecule has 0 saturated heterocycles. The molecule has 0 radical (unpaired) electrons. The number of carbonyl (C=O) groups is 1. The zero-order valence-electron chi connectivity index (χ0n) is 14.2. The summed E-state index contributed by atoms with van der Waals surface area (Å²) in [5.74, 6) is -0.216. The molecule has 0 aliphatic heterocycles. The molecule has 0 spiro atoms. The molecule has 132 valence electrons. The first kappa shape index (κ1) is 17.3. The third-order valence-electron chi connectivity index (χ3n) is 4.77. The van der Waals surface area contributed by atoms with Gasteiger partial charge in [0.25, 0.3) is 5.56 Å². The molecule has 1 N–H and O–H groups in total. The molecule has 2 aromatic rings. The quantitative estimate of drug-likeness (QED) is 0.928. The van der Waals surface area contributed by atoms with E-state index >= 15 is 0 Å². The summed E-state index contributed by atoms with van der Waals surface area (Å²) in [6.07, 6.45) is 4.37. The number of hydrogen-bond acceptors (Lipinski definition) is 3. The lowest BCUT2D eigenvalue weighted by atomic mass is 9.86. The van der Waals surface area contributed by atoms with Gasteiger partial charge in [-0.25, -0.2) is 9.07 Å². The second-order valence-corrected chi connectivity index (χ2v) is 6.63. The Bertz CT molecular complexity index is 818. The molecule has 5 nitrogen and oxygen atoms in total. The molecular weight excluding hydrogens is 321 g/mol. The topological polar surface area (TPSA) is 64.0 Å². The first-order valence-corrected chi connectivity index (χ1v) is 8.67. The predicted molar refractivity (Wildman–Crippen MR) is 93.5 cm³/mol. The molecule has 1 fully saturated rings. The van der Waals surface area contributed by atoms with Crippen molar-refractivity contribution >= 4 is 5.91 Å². The van der Waals surface area contributed by atoms with E-state index in [2.05, 4.69) is 17.3 Å². The summed E-state index contributed by atoms with van der Waals surface area (Å²) < 4.78 is 15.0. The van der Waals surface area contributed by atoms with Crippen LogP contribution in [0.15, 0.2) is 41.2 Å². The first-order valence-electron chi connectivity index (χ1n) is 8.67. The Kier molecular flexibility index (Phi) is 5.26. The van der Waals surface area contributed by atoms with E-state index in [0.717, 1.165) is 23.9 Å². The van der Waals surface area contributed by atoms with Gasteiger partial charge in [0.2, 0.25) is 5.91 Å². The van der Waals surface area contributed by atoms with E-state index in [-0.39, 0.29) is 24.1 Å². The van der Waals surface area contributed by atoms with Gasteiger partial charge in [-0.2, -0.15) is 5.10 Å². The average Bonchev–Trinajstić information content (AvgIpc) is 2.59. The van der Waals surface area contributed by atoms with E-state index < -0.39 is 5.82 Å². The Morgan fingerprint density at radius 1 is 1.24 bits per heavy atom. The maximum atomic E-state index is 13.9. The van der Waals surface area contributed by atoms with Crippen LogP contribution < -0.4 is 10.9 Å². The van der Waals surface area contributed by atoms with Gasteiger partial charge in [-0.05, 0) is 37.0 Å². The summed E-state index contributed by atoms with van der Waals surface area (Å²) >= 11 is 0. The van der Waals surface area contributed by atoms with Gasteiger partial charge in [-0.3, -0.25) is 9.59 Å². The Hall–Kier alpha value is -2.50. The fourth-order valence-corrected chi connectivity index (χ4v) is 3.29. The highest BCUT2D eigenvalue weighted by molar-refractivity contribution is 5.76. The van der Waals surface area contributed by atoms with Crippen LogP contribution in [0.25, 0.3) is 11.3 Å². The summed E-state index contributed by atoms with van der Waals surface area (Å²) in [4.78, 5) is 24.3. The highest BCUT2D eigenvalue weighted by Crippen LogP contribution is 2.23. The van der Waals surface area contributed by atoms with Gasteiger partial charge in [0.1, 0.15) is 12.4 Å². The van der Waals surface area contributed by atoms with Crippen LogP contribution in [0.4, 0.5) is 4.39 Å². The van der Waals surface area contributed by atoms with Crippen molar-refractivity contribution in [1.82, 2.24) is 15.1 Å². The minimum Gasteiger partial charge on any atom is -0.351 e. The molecule has 25 heavy (non-hydrogen) atoms. The molecule has 0 bridgehead atoms. The molecule has 1 aliphatic carbocycles. The molecule has 1 amide bonds. The number of halogens is 1. The first-order chi connectivity index (χ1) is 12.0. The number of rotatable bonds is 4. The van der Waals surface area contributed by atoms with Gasteiger partial charge >= 0.3 is 0 Å². The lowest BCUT2D eigenvalue weighted by Crippen LogP contribution is -2.43. The number of carbonyl (C=O) groups excluding carboxylic acids is 1. The maximum absolute atomic E-state index is 13.9. The van der Waals surface area contributed by atoms with Crippen LogP contribution >= 0.6 is 0 Å². The van der Waals surface area contributed by atoms with E-state index in [1.807, 2.05) is 0 Å². The normalized spacial score (nSPS) is 20.2. The molecule has 6 heteroatoms. The zero-order chi connectivity index (χ0) is 17.8. The fourth-order valence-electron chi connectivity index (χ4n) is 3.29. The van der Waals surface area contributed by atoms with Crippen molar-refractivity contribution in [2.24, 2.45) is 5.92 Å². The third-order valence-corrected chi connectivity index (χ3v) is 4.77. The lowest BCUT2D eigenvalue weighted by Gasteiger charge is -2.29. The zero-order valence-corrected chi connectivity index (χ0v) is 14.2. The van der Waals surface area contributed by atoms with Crippen molar-refractivity contribution in [2.75, 3.05) is 0 Å². The van der Waals surface area contributed by atoms with Gasteiger partial charge in [-0.15, -0.1) is 0 Å². The van der Waals surface area contributed by atoms with E-state index in [1.54, 1.807) is 18.2 Å².